The van der Waals surface area contributed by atoms with Crippen LogP contribution in [-0.4, -0.2) is 36.6 Å². The molecule has 0 atom stereocenters. The van der Waals surface area contributed by atoms with Crippen molar-refractivity contribution in [2.45, 2.75) is 65.9 Å². The van der Waals surface area contributed by atoms with Gasteiger partial charge in [0.15, 0.2) is 0 Å². The lowest BCUT2D eigenvalue weighted by Crippen LogP contribution is -2.45. The minimum atomic E-state index is -0.167. The number of anilines is 2. The Morgan fingerprint density at radius 3 is 2.45 bits per heavy atom. The van der Waals surface area contributed by atoms with Crippen LogP contribution >= 0.6 is 11.3 Å². The molecule has 206 valence electrons. The van der Waals surface area contributed by atoms with Gasteiger partial charge in [0, 0.05) is 30.1 Å². The van der Waals surface area contributed by atoms with Crippen molar-refractivity contribution in [2.24, 2.45) is 0 Å². The molecule has 0 saturated carbocycles. The molecule has 3 rings (SSSR count). The average molecular weight is 536 g/mol. The number of carbonyl (C=O) groups is 1. The Kier molecular flexibility index (Phi) is 12.6. The Morgan fingerprint density at radius 2 is 1.89 bits per heavy atom. The van der Waals surface area contributed by atoms with Crippen LogP contribution in [0.4, 0.5) is 11.4 Å². The molecular formula is C32H45N3O2S. The van der Waals surface area contributed by atoms with Crippen molar-refractivity contribution >= 4 is 28.7 Å². The van der Waals surface area contributed by atoms with Gasteiger partial charge in [0.2, 0.25) is 0 Å². The van der Waals surface area contributed by atoms with Gasteiger partial charge in [-0.15, -0.1) is 11.3 Å². The molecule has 6 heteroatoms. The Labute approximate surface area is 233 Å². The van der Waals surface area contributed by atoms with E-state index < -0.39 is 0 Å². The van der Waals surface area contributed by atoms with Crippen molar-refractivity contribution in [1.82, 2.24) is 4.90 Å². The molecular weight excluding hydrogens is 490 g/mol. The van der Waals surface area contributed by atoms with Crippen LogP contribution in [0.25, 0.3) is 10.4 Å². The number of nitrogens with zero attached hydrogens (tertiary/aromatic N) is 1. The molecule has 1 aliphatic rings. The monoisotopic (exact) mass is 535 g/mol. The first kappa shape index (κ1) is 31.1. The topological polar surface area (TPSA) is 67.6 Å². The zero-order chi connectivity index (χ0) is 28.1. The van der Waals surface area contributed by atoms with Crippen molar-refractivity contribution in [3.8, 4) is 10.4 Å². The first-order chi connectivity index (χ1) is 18.2. The Bertz CT molecular complexity index is 1140. The molecule has 1 fully saturated rings. The van der Waals surface area contributed by atoms with Gasteiger partial charge in [-0.1, -0.05) is 62.4 Å². The molecule has 1 aromatic carbocycles. The molecule has 1 aliphatic heterocycles. The van der Waals surface area contributed by atoms with Gasteiger partial charge in [-0.25, -0.2) is 0 Å². The quantitative estimate of drug-likeness (QED) is 0.192. The number of rotatable bonds is 9. The second-order valence-electron chi connectivity index (χ2n) is 9.66. The summed E-state index contributed by atoms with van der Waals surface area (Å²) in [5.74, 6) is -0.0589. The highest BCUT2D eigenvalue weighted by Gasteiger charge is 2.35. The van der Waals surface area contributed by atoms with E-state index in [9.17, 15) is 4.79 Å². The van der Waals surface area contributed by atoms with Gasteiger partial charge in [-0.2, -0.15) is 0 Å². The van der Waals surface area contributed by atoms with Crippen LogP contribution in [0.3, 0.4) is 0 Å². The molecule has 0 bridgehead atoms. The van der Waals surface area contributed by atoms with Gasteiger partial charge in [-0.3, -0.25) is 4.79 Å². The highest BCUT2D eigenvalue weighted by atomic mass is 32.1. The largest absolute Gasteiger partial charge is 0.459 e. The molecule has 0 radical (unpaired) electrons. The number of nitrogen functional groups attached to an aromatic ring is 1. The minimum absolute atomic E-state index is 0.0589. The van der Waals surface area contributed by atoms with Gasteiger partial charge in [0.1, 0.15) is 5.60 Å². The van der Waals surface area contributed by atoms with Gasteiger partial charge in [0.25, 0.3) is 0 Å². The first-order valence-corrected chi connectivity index (χ1v) is 14.3. The summed E-state index contributed by atoms with van der Waals surface area (Å²) in [7, 11) is 2.11. The third kappa shape index (κ3) is 9.34. The number of esters is 1. The number of carbonyl (C=O) groups excluding carboxylic acids is 1. The summed E-state index contributed by atoms with van der Waals surface area (Å²) in [4.78, 5) is 14.8. The Morgan fingerprint density at radius 1 is 1.18 bits per heavy atom. The number of nitrogens with two attached hydrogens (primary N) is 1. The van der Waals surface area contributed by atoms with Crippen LogP contribution < -0.4 is 11.1 Å². The summed E-state index contributed by atoms with van der Waals surface area (Å²) >= 11 is 1.71. The standard InChI is InChI=1S/C21H24N2S.C11H21NO2/c1-5-15(3)9-10-17(6-2)16(4)23-20-14-18(11-12-19(20)22)21-8-7-13-24-21;1-4-10(13)14-11(5-2)6-8-12(3)9-7-11/h5-14,23H,4,22H2,1-3H3;4-9H2,1-3H3/b10-9-,15-5-,17-6+;. The maximum atomic E-state index is 11.3. The molecule has 2 aromatic rings. The molecule has 0 unspecified atom stereocenters. The van der Waals surface area contributed by atoms with Crippen molar-refractivity contribution < 1.29 is 9.53 Å². The number of hydrogen-bond acceptors (Lipinski definition) is 6. The van der Waals surface area contributed by atoms with Crippen molar-refractivity contribution in [2.75, 3.05) is 31.2 Å². The second-order valence-corrected chi connectivity index (χ2v) is 10.6. The van der Waals surface area contributed by atoms with E-state index >= 15 is 0 Å². The van der Waals surface area contributed by atoms with Gasteiger partial charge < -0.3 is 20.7 Å². The summed E-state index contributed by atoms with van der Waals surface area (Å²) in [5, 5.41) is 5.42. The smallest absolute Gasteiger partial charge is 0.306 e. The number of ether oxygens (including phenoxy) is 1. The van der Waals surface area contributed by atoms with Gasteiger partial charge in [0.05, 0.1) is 11.4 Å². The Hall–Kier alpha value is -3.09. The highest BCUT2D eigenvalue weighted by Crippen LogP contribution is 2.32. The van der Waals surface area contributed by atoms with E-state index in [0.717, 1.165) is 54.9 Å². The third-order valence-corrected chi connectivity index (χ3v) is 7.87. The molecule has 2 heterocycles. The number of hydrogen-bond donors (Lipinski definition) is 2. The molecule has 0 amide bonds. The fraction of sp³-hybridized carbons (Fsp3) is 0.406. The number of nitrogens with one attached hydrogen (secondary N) is 1. The second kappa shape index (κ2) is 15.4. The number of allylic oxidation sites excluding steroid dienone is 5. The highest BCUT2D eigenvalue weighted by molar-refractivity contribution is 7.13. The molecule has 1 saturated heterocycles. The number of thiophene rings is 1. The van der Waals surface area contributed by atoms with E-state index in [-0.39, 0.29) is 11.6 Å². The number of benzene rings is 1. The predicted molar refractivity (Wildman–Crippen MR) is 165 cm³/mol. The van der Waals surface area contributed by atoms with Crippen LogP contribution in [0.15, 0.2) is 83.4 Å². The lowest BCUT2D eigenvalue weighted by Gasteiger charge is -2.39. The SMILES string of the molecule is C=C(Nc1cc(-c2cccs2)ccc1N)C(/C=C\C(C)=C/C)=C/C.CCC(=O)OC1(CC)CCN(C)CC1. The van der Waals surface area contributed by atoms with E-state index in [2.05, 4.69) is 79.5 Å². The summed E-state index contributed by atoms with van der Waals surface area (Å²) in [6.07, 6.45) is 11.6. The normalized spacial score (nSPS) is 16.1. The zero-order valence-electron chi connectivity index (χ0n) is 24.0. The number of piperidine rings is 1. The fourth-order valence-corrected chi connectivity index (χ4v) is 4.78. The summed E-state index contributed by atoms with van der Waals surface area (Å²) in [6.45, 7) is 16.3. The van der Waals surface area contributed by atoms with Crippen LogP contribution in [0, 0.1) is 0 Å². The van der Waals surface area contributed by atoms with E-state index in [1.54, 1.807) is 11.3 Å². The van der Waals surface area contributed by atoms with E-state index in [1.165, 1.54) is 10.5 Å². The van der Waals surface area contributed by atoms with E-state index in [1.807, 2.05) is 39.0 Å². The minimum Gasteiger partial charge on any atom is -0.459 e. The average Bonchev–Trinajstić information content (AvgIpc) is 3.47. The fourth-order valence-electron chi connectivity index (χ4n) is 4.05. The molecule has 38 heavy (non-hydrogen) atoms. The molecule has 0 aliphatic carbocycles. The Balaban J connectivity index is 0.000000308. The third-order valence-electron chi connectivity index (χ3n) is 6.95. The van der Waals surface area contributed by atoms with Crippen LogP contribution in [0.2, 0.25) is 0 Å². The lowest BCUT2D eigenvalue weighted by atomic mass is 9.89. The maximum absolute atomic E-state index is 11.3. The lowest BCUT2D eigenvalue weighted by molar-refractivity contribution is -0.164. The molecule has 1 aromatic heterocycles. The zero-order valence-corrected chi connectivity index (χ0v) is 24.8. The first-order valence-electron chi connectivity index (χ1n) is 13.4. The van der Waals surface area contributed by atoms with Crippen LogP contribution in [0.1, 0.15) is 60.3 Å². The van der Waals surface area contributed by atoms with Gasteiger partial charge >= 0.3 is 5.97 Å². The molecule has 3 N–H and O–H groups in total. The van der Waals surface area contributed by atoms with Crippen molar-refractivity contribution in [1.29, 1.82) is 0 Å². The van der Waals surface area contributed by atoms with Crippen molar-refractivity contribution in [3.63, 3.8) is 0 Å². The van der Waals surface area contributed by atoms with Crippen molar-refractivity contribution in [3.05, 3.63) is 83.4 Å². The van der Waals surface area contributed by atoms with E-state index in [4.69, 9.17) is 10.5 Å². The summed E-state index contributed by atoms with van der Waals surface area (Å²) < 4.78 is 5.56. The maximum Gasteiger partial charge on any atom is 0.306 e. The summed E-state index contributed by atoms with van der Waals surface area (Å²) in [6, 6.07) is 10.2. The van der Waals surface area contributed by atoms with Gasteiger partial charge in [-0.05, 0) is 81.8 Å². The summed E-state index contributed by atoms with van der Waals surface area (Å²) in [5.41, 5.74) is 11.8. The molecule has 0 spiro atoms. The number of likely N-dealkylation sites (tertiary alicyclic amines) is 1. The van der Waals surface area contributed by atoms with E-state index in [0.29, 0.717) is 12.1 Å². The van der Waals surface area contributed by atoms with Crippen LogP contribution in [-0.2, 0) is 9.53 Å². The molecule has 5 nitrogen and oxygen atoms in total. The predicted octanol–water partition coefficient (Wildman–Crippen LogP) is 8.21. The van der Waals surface area contributed by atoms with Crippen LogP contribution in [0.5, 0.6) is 0 Å².